The largest absolute Gasteiger partial charge is 2.00 e. The van der Waals surface area contributed by atoms with Crippen molar-refractivity contribution >= 4 is 11.7 Å². The summed E-state index contributed by atoms with van der Waals surface area (Å²) in [4.78, 5) is 11.3. The Labute approximate surface area is 147 Å². The predicted octanol–water partition coefficient (Wildman–Crippen LogP) is 4.85. The van der Waals surface area contributed by atoms with Gasteiger partial charge in [0.05, 0.1) is 0 Å². The number of carbonyl (C=O) groups is 1. The van der Waals surface area contributed by atoms with E-state index in [9.17, 15) is 13.6 Å². The molecule has 23 heavy (non-hydrogen) atoms. The minimum Gasteiger partial charge on any atom is -0.664 e. The van der Waals surface area contributed by atoms with Crippen molar-refractivity contribution in [3.8, 4) is 0 Å². The zero-order valence-electron chi connectivity index (χ0n) is 11.8. The van der Waals surface area contributed by atoms with Crippen LogP contribution in [0, 0.1) is 75.5 Å². The number of halogens is 2. The molecule has 2 saturated carbocycles. The number of carbonyl (C=O) groups excluding carboxylic acids is 1. The van der Waals surface area contributed by atoms with Gasteiger partial charge in [-0.1, -0.05) is 11.8 Å². The van der Waals surface area contributed by atoms with E-state index in [-0.39, 0.29) is 22.8 Å². The van der Waals surface area contributed by atoms with E-state index in [1.807, 2.05) is 32.1 Å². The van der Waals surface area contributed by atoms with Crippen LogP contribution in [0.1, 0.15) is 0 Å². The van der Waals surface area contributed by atoms with Crippen molar-refractivity contribution in [3.05, 3.63) is 104 Å². The van der Waals surface area contributed by atoms with Crippen LogP contribution in [0.25, 0.3) is 10.6 Å². The van der Waals surface area contributed by atoms with Crippen LogP contribution in [0.5, 0.6) is 0 Å². The van der Waals surface area contributed by atoms with E-state index in [2.05, 4.69) is 10.6 Å². The standard InChI is InChI=1S/C12H8F2N2O.C5H5.Fe/c13-8-5-6-11(10(14)7-8)16-12(17)15-9-3-1-2-4-9;1-2-4-5-3-1;/h1-7H,(H-,15,16,17);1-5H;/q-1;;+2/p-1. The molecule has 0 aliphatic heterocycles. The van der Waals surface area contributed by atoms with Crippen molar-refractivity contribution in [1.82, 2.24) is 0 Å². The Hall–Kier alpha value is -1.13. The van der Waals surface area contributed by atoms with Gasteiger partial charge in [0.15, 0.2) is 0 Å². The quantitative estimate of drug-likeness (QED) is 0.701. The van der Waals surface area contributed by atoms with Gasteiger partial charge in [-0.2, -0.15) is 0 Å². The summed E-state index contributed by atoms with van der Waals surface area (Å²) < 4.78 is 25.8. The average molecular weight is 354 g/mol. The van der Waals surface area contributed by atoms with E-state index in [0.717, 1.165) is 12.1 Å². The molecule has 118 valence electrons. The van der Waals surface area contributed by atoms with Gasteiger partial charge in [-0.05, 0) is 69.9 Å². The SMILES string of the molecule is O=C([N-][C]1[CH][CH][CH][CH]1)[N-]c1ccc(F)cc1F.[CH]1[CH][CH][CH][CH]1.[Fe+2]. The average Bonchev–Trinajstić information content (AvgIpc) is 3.17. The number of rotatable bonds is 2. The summed E-state index contributed by atoms with van der Waals surface area (Å²) in [7, 11) is 0. The maximum atomic E-state index is 13.2. The van der Waals surface area contributed by atoms with E-state index in [0.29, 0.717) is 12.1 Å². The Balaban J connectivity index is 0.000000377. The second-order valence-electron chi connectivity index (χ2n) is 4.21. The van der Waals surface area contributed by atoms with Crippen molar-refractivity contribution < 1.29 is 30.6 Å². The zero-order chi connectivity index (χ0) is 15.8. The molecular formula is C17H12F2FeN2O. The molecule has 0 aromatic heterocycles. The van der Waals surface area contributed by atoms with Gasteiger partial charge < -0.3 is 15.4 Å². The molecule has 2 fully saturated rings. The first-order valence-electron chi connectivity index (χ1n) is 6.46. The number of nitrogens with zero attached hydrogens (tertiary/aromatic N) is 2. The van der Waals surface area contributed by atoms with Crippen LogP contribution < -0.4 is 0 Å². The molecule has 0 atom stereocenters. The minimum atomic E-state index is -0.893. The number of hydrogen-bond acceptors (Lipinski definition) is 1. The van der Waals surface area contributed by atoms with Crippen molar-refractivity contribution in [2.75, 3.05) is 0 Å². The summed E-state index contributed by atoms with van der Waals surface area (Å²) in [6, 6.07) is 2.39. The van der Waals surface area contributed by atoms with E-state index in [1.54, 1.807) is 25.7 Å². The monoisotopic (exact) mass is 354 g/mol. The van der Waals surface area contributed by atoms with Crippen LogP contribution in [-0.2, 0) is 17.1 Å². The molecule has 0 bridgehead atoms. The molecule has 10 radical (unpaired) electrons. The van der Waals surface area contributed by atoms with E-state index < -0.39 is 17.7 Å². The maximum absolute atomic E-state index is 13.2. The van der Waals surface area contributed by atoms with Crippen LogP contribution >= 0.6 is 0 Å². The Kier molecular flexibility index (Phi) is 9.19. The Morgan fingerprint density at radius 3 is 1.91 bits per heavy atom. The maximum Gasteiger partial charge on any atom is 2.00 e. The van der Waals surface area contributed by atoms with Gasteiger partial charge in [0.1, 0.15) is 11.6 Å². The fourth-order valence-corrected chi connectivity index (χ4v) is 1.57. The molecule has 0 heterocycles. The number of amides is 2. The van der Waals surface area contributed by atoms with Crippen molar-refractivity contribution in [2.45, 2.75) is 0 Å². The van der Waals surface area contributed by atoms with Crippen LogP contribution in [-0.4, -0.2) is 6.03 Å². The number of hydrogen-bond donors (Lipinski definition) is 0. The molecule has 1 aromatic carbocycles. The second kappa shape index (κ2) is 10.6. The second-order valence-corrected chi connectivity index (χ2v) is 4.21. The zero-order valence-corrected chi connectivity index (χ0v) is 12.9. The first-order valence-corrected chi connectivity index (χ1v) is 6.46. The molecule has 0 spiro atoms. The molecule has 2 amide bonds. The van der Waals surface area contributed by atoms with Crippen LogP contribution in [0.4, 0.5) is 19.3 Å². The summed E-state index contributed by atoms with van der Waals surface area (Å²) in [6.45, 7) is 0. The normalized spacial score (nSPS) is 17.0. The molecular weight excluding hydrogens is 342 g/mol. The third-order valence-corrected chi connectivity index (χ3v) is 2.55. The smallest absolute Gasteiger partial charge is 0.664 e. The minimum absolute atomic E-state index is 0. The van der Waals surface area contributed by atoms with Gasteiger partial charge in [0, 0.05) is 6.07 Å². The summed E-state index contributed by atoms with van der Waals surface area (Å²) >= 11 is 0. The summed E-state index contributed by atoms with van der Waals surface area (Å²) in [5.74, 6) is -1.61. The molecule has 0 N–H and O–H groups in total. The van der Waals surface area contributed by atoms with Gasteiger partial charge in [-0.15, -0.1) is 6.04 Å². The number of benzene rings is 1. The van der Waals surface area contributed by atoms with Crippen LogP contribution in [0.3, 0.4) is 0 Å². The van der Waals surface area contributed by atoms with Gasteiger partial charge >= 0.3 is 17.1 Å². The van der Waals surface area contributed by atoms with Gasteiger partial charge in [-0.25, -0.2) is 8.78 Å². The number of urea groups is 1. The van der Waals surface area contributed by atoms with E-state index in [1.165, 1.54) is 0 Å². The Bertz CT molecular complexity index is 482. The van der Waals surface area contributed by atoms with Gasteiger partial charge in [0.2, 0.25) is 0 Å². The van der Waals surface area contributed by atoms with E-state index >= 15 is 0 Å². The van der Waals surface area contributed by atoms with E-state index in [4.69, 9.17) is 0 Å². The third kappa shape index (κ3) is 7.32. The van der Waals surface area contributed by atoms with Crippen LogP contribution in [0.2, 0.25) is 0 Å². The topological polar surface area (TPSA) is 45.3 Å². The summed E-state index contributed by atoms with van der Waals surface area (Å²) in [5, 5.41) is 7.04. The molecule has 0 unspecified atom stereocenters. The molecule has 3 rings (SSSR count). The molecule has 2 aliphatic carbocycles. The predicted molar refractivity (Wildman–Crippen MR) is 80.1 cm³/mol. The fraction of sp³-hybridized carbons (Fsp3) is 0. The van der Waals surface area contributed by atoms with Crippen LogP contribution in [0.15, 0.2) is 18.2 Å². The molecule has 2 aliphatic rings. The van der Waals surface area contributed by atoms with Gasteiger partial charge in [0.25, 0.3) is 0 Å². The fourth-order valence-electron chi connectivity index (χ4n) is 1.57. The third-order valence-electron chi connectivity index (χ3n) is 2.55. The van der Waals surface area contributed by atoms with Gasteiger partial charge in [-0.3, -0.25) is 0 Å². The Morgan fingerprint density at radius 1 is 0.826 bits per heavy atom. The summed E-state index contributed by atoms with van der Waals surface area (Å²) in [6.07, 6.45) is 16.7. The van der Waals surface area contributed by atoms with Crippen molar-refractivity contribution in [2.24, 2.45) is 0 Å². The Morgan fingerprint density at radius 2 is 1.39 bits per heavy atom. The molecule has 1 aromatic rings. The summed E-state index contributed by atoms with van der Waals surface area (Å²) in [5.41, 5.74) is -0.230. The molecule has 0 saturated heterocycles. The first-order chi connectivity index (χ1) is 10.6. The first kappa shape index (κ1) is 19.9. The molecule has 3 nitrogen and oxygen atoms in total. The van der Waals surface area contributed by atoms with Crippen molar-refractivity contribution in [3.63, 3.8) is 0 Å². The van der Waals surface area contributed by atoms with Crippen molar-refractivity contribution in [1.29, 1.82) is 0 Å². The molecule has 6 heteroatoms.